The van der Waals surface area contributed by atoms with Crippen molar-refractivity contribution in [3.63, 3.8) is 0 Å². The molecule has 2 heteroatoms. The Morgan fingerprint density at radius 3 is 2.47 bits per heavy atom. The van der Waals surface area contributed by atoms with Gasteiger partial charge in [0, 0.05) is 18.4 Å². The fourth-order valence-corrected chi connectivity index (χ4v) is 2.08. The summed E-state index contributed by atoms with van der Waals surface area (Å²) in [4.78, 5) is 4.10. The Bertz CT molecular complexity index is 272. The molecule has 17 heavy (non-hydrogen) atoms. The maximum Gasteiger partial charge on any atom is 0.0315 e. The maximum atomic E-state index is 6.12. The molecule has 0 amide bonds. The van der Waals surface area contributed by atoms with Crippen molar-refractivity contribution in [2.45, 2.75) is 64.3 Å². The van der Waals surface area contributed by atoms with Crippen LogP contribution in [0.5, 0.6) is 0 Å². The fourth-order valence-electron chi connectivity index (χ4n) is 2.08. The number of hydrogen-bond acceptors (Lipinski definition) is 2. The Balaban J connectivity index is 2.03. The summed E-state index contributed by atoms with van der Waals surface area (Å²) in [5.74, 6) is 0. The molecule has 0 aliphatic heterocycles. The molecule has 2 nitrogen and oxygen atoms in total. The van der Waals surface area contributed by atoms with Crippen LogP contribution in [0.15, 0.2) is 24.5 Å². The molecule has 0 aliphatic carbocycles. The number of nitrogens with two attached hydrogens (primary N) is 1. The van der Waals surface area contributed by atoms with Crippen LogP contribution >= 0.6 is 0 Å². The third-order valence-electron chi connectivity index (χ3n) is 3.23. The van der Waals surface area contributed by atoms with Crippen molar-refractivity contribution in [1.82, 2.24) is 4.98 Å². The highest BCUT2D eigenvalue weighted by molar-refractivity contribution is 5.12. The van der Waals surface area contributed by atoms with Crippen LogP contribution in [-0.4, -0.2) is 4.98 Å². The lowest BCUT2D eigenvalue weighted by molar-refractivity contribution is 0.540. The van der Waals surface area contributed by atoms with Gasteiger partial charge in [0.15, 0.2) is 0 Å². The summed E-state index contributed by atoms with van der Waals surface area (Å²) in [6, 6.07) is 4.19. The molecule has 1 aromatic heterocycles. The molecule has 1 rings (SSSR count). The molecule has 0 bridgehead atoms. The first-order valence-corrected chi connectivity index (χ1v) is 7.00. The number of aromatic nitrogens is 1. The first-order valence-electron chi connectivity index (χ1n) is 7.00. The van der Waals surface area contributed by atoms with Gasteiger partial charge in [0.05, 0.1) is 0 Å². The SMILES string of the molecule is CCCCCCCCCC(N)c1cccnc1. The van der Waals surface area contributed by atoms with Gasteiger partial charge in [0.25, 0.3) is 0 Å². The molecular formula is C15H26N2. The third-order valence-corrected chi connectivity index (χ3v) is 3.23. The van der Waals surface area contributed by atoms with Crippen LogP contribution in [0.2, 0.25) is 0 Å². The van der Waals surface area contributed by atoms with E-state index in [9.17, 15) is 0 Å². The van der Waals surface area contributed by atoms with Crippen LogP contribution in [0.1, 0.15) is 69.9 Å². The summed E-state index contributed by atoms with van der Waals surface area (Å²) >= 11 is 0. The Labute approximate surface area is 106 Å². The van der Waals surface area contributed by atoms with E-state index in [4.69, 9.17) is 5.73 Å². The number of unbranched alkanes of at least 4 members (excludes halogenated alkanes) is 6. The number of hydrogen-bond donors (Lipinski definition) is 1. The smallest absolute Gasteiger partial charge is 0.0315 e. The van der Waals surface area contributed by atoms with Crippen LogP contribution < -0.4 is 5.73 Å². The Morgan fingerprint density at radius 1 is 1.12 bits per heavy atom. The van der Waals surface area contributed by atoms with E-state index in [1.165, 1.54) is 50.5 Å². The van der Waals surface area contributed by atoms with E-state index in [-0.39, 0.29) is 6.04 Å². The molecule has 1 unspecified atom stereocenters. The van der Waals surface area contributed by atoms with Crippen LogP contribution in [0, 0.1) is 0 Å². The minimum atomic E-state index is 0.166. The summed E-state index contributed by atoms with van der Waals surface area (Å²) < 4.78 is 0. The van der Waals surface area contributed by atoms with Crippen molar-refractivity contribution >= 4 is 0 Å². The average Bonchev–Trinajstić information content (AvgIpc) is 2.38. The van der Waals surface area contributed by atoms with Crippen LogP contribution in [0.4, 0.5) is 0 Å². The summed E-state index contributed by atoms with van der Waals surface area (Å²) in [7, 11) is 0. The van der Waals surface area contributed by atoms with E-state index in [1.54, 1.807) is 6.20 Å². The standard InChI is InChI=1S/C15H26N2/c1-2-3-4-5-6-7-8-11-15(16)14-10-9-12-17-13-14/h9-10,12-13,15H,2-8,11,16H2,1H3. The second kappa shape index (κ2) is 9.17. The molecule has 0 aromatic carbocycles. The van der Waals surface area contributed by atoms with Gasteiger partial charge in [-0.2, -0.15) is 0 Å². The van der Waals surface area contributed by atoms with Gasteiger partial charge in [-0.3, -0.25) is 4.98 Å². The normalized spacial score (nSPS) is 12.6. The molecule has 0 fully saturated rings. The quantitative estimate of drug-likeness (QED) is 0.650. The van der Waals surface area contributed by atoms with E-state index in [0.29, 0.717) is 0 Å². The molecule has 0 aliphatic rings. The van der Waals surface area contributed by atoms with E-state index < -0.39 is 0 Å². The Morgan fingerprint density at radius 2 is 1.82 bits per heavy atom. The van der Waals surface area contributed by atoms with Crippen molar-refractivity contribution in [2.24, 2.45) is 5.73 Å². The maximum absolute atomic E-state index is 6.12. The van der Waals surface area contributed by atoms with Crippen molar-refractivity contribution in [3.05, 3.63) is 30.1 Å². The summed E-state index contributed by atoms with van der Waals surface area (Å²) in [5.41, 5.74) is 7.28. The minimum Gasteiger partial charge on any atom is -0.324 e. The van der Waals surface area contributed by atoms with E-state index in [2.05, 4.69) is 18.0 Å². The molecule has 0 saturated carbocycles. The number of pyridine rings is 1. The topological polar surface area (TPSA) is 38.9 Å². The van der Waals surface area contributed by atoms with Crippen molar-refractivity contribution < 1.29 is 0 Å². The first-order chi connectivity index (χ1) is 8.34. The summed E-state index contributed by atoms with van der Waals surface area (Å²) in [5, 5.41) is 0. The molecule has 0 radical (unpaired) electrons. The van der Waals surface area contributed by atoms with Crippen LogP contribution in [0.25, 0.3) is 0 Å². The van der Waals surface area contributed by atoms with Crippen molar-refractivity contribution in [2.75, 3.05) is 0 Å². The molecule has 1 aromatic rings. The van der Waals surface area contributed by atoms with Crippen LogP contribution in [0.3, 0.4) is 0 Å². The Kier molecular flexibility index (Phi) is 7.65. The predicted molar refractivity (Wildman–Crippen MR) is 73.8 cm³/mol. The van der Waals surface area contributed by atoms with Gasteiger partial charge in [-0.15, -0.1) is 0 Å². The largest absolute Gasteiger partial charge is 0.324 e. The van der Waals surface area contributed by atoms with Crippen LogP contribution in [-0.2, 0) is 0 Å². The molecular weight excluding hydrogens is 208 g/mol. The van der Waals surface area contributed by atoms with Crippen molar-refractivity contribution in [1.29, 1.82) is 0 Å². The molecule has 96 valence electrons. The molecule has 0 saturated heterocycles. The van der Waals surface area contributed by atoms with Gasteiger partial charge < -0.3 is 5.73 Å². The third kappa shape index (κ3) is 6.42. The zero-order valence-electron chi connectivity index (χ0n) is 11.1. The van der Waals surface area contributed by atoms with E-state index >= 15 is 0 Å². The first kappa shape index (κ1) is 14.2. The highest BCUT2D eigenvalue weighted by Crippen LogP contribution is 2.17. The molecule has 1 heterocycles. The number of rotatable bonds is 9. The fraction of sp³-hybridized carbons (Fsp3) is 0.667. The monoisotopic (exact) mass is 234 g/mol. The molecule has 1 atom stereocenters. The second-order valence-corrected chi connectivity index (χ2v) is 4.80. The summed E-state index contributed by atoms with van der Waals surface area (Å²) in [6.07, 6.45) is 14.2. The van der Waals surface area contributed by atoms with Gasteiger partial charge >= 0.3 is 0 Å². The number of nitrogens with zero attached hydrogens (tertiary/aromatic N) is 1. The van der Waals surface area contributed by atoms with E-state index in [0.717, 1.165) is 6.42 Å². The van der Waals surface area contributed by atoms with Gasteiger partial charge in [0.2, 0.25) is 0 Å². The lowest BCUT2D eigenvalue weighted by Crippen LogP contribution is -2.10. The van der Waals surface area contributed by atoms with Gasteiger partial charge in [0.1, 0.15) is 0 Å². The lowest BCUT2D eigenvalue weighted by atomic mass is 10.0. The van der Waals surface area contributed by atoms with Gasteiger partial charge in [-0.25, -0.2) is 0 Å². The second-order valence-electron chi connectivity index (χ2n) is 4.80. The summed E-state index contributed by atoms with van der Waals surface area (Å²) in [6.45, 7) is 2.26. The zero-order chi connectivity index (χ0) is 12.3. The average molecular weight is 234 g/mol. The van der Waals surface area contributed by atoms with E-state index in [1.807, 2.05) is 12.3 Å². The van der Waals surface area contributed by atoms with Gasteiger partial charge in [-0.1, -0.05) is 57.9 Å². The van der Waals surface area contributed by atoms with Gasteiger partial charge in [-0.05, 0) is 18.1 Å². The zero-order valence-corrected chi connectivity index (χ0v) is 11.1. The lowest BCUT2D eigenvalue weighted by Gasteiger charge is -2.10. The predicted octanol–water partition coefficient (Wildman–Crippen LogP) is 4.22. The minimum absolute atomic E-state index is 0.166. The highest BCUT2D eigenvalue weighted by atomic mass is 14.7. The van der Waals surface area contributed by atoms with Crippen molar-refractivity contribution in [3.8, 4) is 0 Å². The Hall–Kier alpha value is -0.890. The molecule has 0 spiro atoms. The molecule has 2 N–H and O–H groups in total. The highest BCUT2D eigenvalue weighted by Gasteiger charge is 2.04.